The first-order valence-electron chi connectivity index (χ1n) is 4.22. The number of rotatable bonds is 5. The Kier molecular flexibility index (Phi) is 5.22. The summed E-state index contributed by atoms with van der Waals surface area (Å²) in [6, 6.07) is 0. The maximum Gasteiger partial charge on any atom is 0.264 e. The minimum atomic E-state index is -1.55. The van der Waals surface area contributed by atoms with Crippen LogP contribution in [-0.4, -0.2) is 15.4 Å². The molecule has 0 bridgehead atoms. The second-order valence-electron chi connectivity index (χ2n) is 3.52. The van der Waals surface area contributed by atoms with Crippen LogP contribution in [0.4, 0.5) is 0 Å². The maximum atomic E-state index is 5.63. The lowest BCUT2D eigenvalue weighted by molar-refractivity contribution is 0.147. The van der Waals surface area contributed by atoms with Crippen molar-refractivity contribution in [2.45, 2.75) is 19.6 Å². The molecule has 0 atom stereocenters. The fourth-order valence-corrected chi connectivity index (χ4v) is 1.41. The summed E-state index contributed by atoms with van der Waals surface area (Å²) in [5.41, 5.74) is 0. The Morgan fingerprint density at radius 1 is 1.23 bits per heavy atom. The van der Waals surface area contributed by atoms with Gasteiger partial charge in [0.2, 0.25) is 8.32 Å². The smallest absolute Gasteiger partial charge is 0.264 e. The molecule has 0 aliphatic carbocycles. The van der Waals surface area contributed by atoms with E-state index in [-0.39, 0.29) is 0 Å². The Morgan fingerprint density at radius 2 is 1.85 bits per heavy atom. The Bertz CT molecular complexity index is 211. The Morgan fingerprint density at radius 3 is 2.23 bits per heavy atom. The molecule has 13 heavy (non-hydrogen) atoms. The quantitative estimate of drug-likeness (QED) is 0.384. The van der Waals surface area contributed by atoms with Crippen LogP contribution >= 0.6 is 0 Å². The topological polar surface area (TPSA) is 18.5 Å². The van der Waals surface area contributed by atoms with Gasteiger partial charge in [0.05, 0.1) is 7.11 Å². The Hall–Kier alpha value is -0.963. The van der Waals surface area contributed by atoms with Crippen molar-refractivity contribution in [1.82, 2.24) is 0 Å². The van der Waals surface area contributed by atoms with Crippen LogP contribution in [0.2, 0.25) is 19.6 Å². The first kappa shape index (κ1) is 12.0. The van der Waals surface area contributed by atoms with Crippen molar-refractivity contribution in [2.24, 2.45) is 0 Å². The van der Waals surface area contributed by atoms with E-state index in [2.05, 4.69) is 26.2 Å². The summed E-state index contributed by atoms with van der Waals surface area (Å²) in [6.45, 7) is 9.89. The Balaban J connectivity index is 4.25. The third-order valence-electron chi connectivity index (χ3n) is 1.09. The van der Waals surface area contributed by atoms with E-state index in [1.165, 1.54) is 0 Å². The first-order chi connectivity index (χ1) is 5.99. The predicted molar refractivity (Wildman–Crippen MR) is 58.9 cm³/mol. The van der Waals surface area contributed by atoms with Crippen molar-refractivity contribution in [3.05, 3.63) is 36.8 Å². The van der Waals surface area contributed by atoms with Gasteiger partial charge in [0.25, 0.3) is 5.95 Å². The number of ether oxygens (including phenoxy) is 1. The third kappa shape index (κ3) is 7.40. The zero-order chi connectivity index (χ0) is 10.3. The molecule has 0 aromatic heterocycles. The molecule has 0 N–H and O–H groups in total. The van der Waals surface area contributed by atoms with Gasteiger partial charge >= 0.3 is 0 Å². The van der Waals surface area contributed by atoms with Crippen LogP contribution in [0.1, 0.15) is 0 Å². The second-order valence-corrected chi connectivity index (χ2v) is 7.95. The highest BCUT2D eigenvalue weighted by Gasteiger charge is 2.17. The van der Waals surface area contributed by atoms with Crippen LogP contribution in [0.25, 0.3) is 0 Å². The molecule has 0 saturated heterocycles. The molecule has 0 fully saturated rings. The maximum absolute atomic E-state index is 5.63. The summed E-state index contributed by atoms with van der Waals surface area (Å²) < 4.78 is 10.7. The minimum absolute atomic E-state index is 0.567. The van der Waals surface area contributed by atoms with Crippen molar-refractivity contribution >= 4 is 8.32 Å². The standard InChI is InChI=1S/C10H18O2Si/c1-6-7-8-9-10(11-2)12-13(3,4)5/h6-9H,1H2,2-5H3/b8-7+,10-9-. The fraction of sp³-hybridized carbons (Fsp3) is 0.400. The molecule has 74 valence electrons. The van der Waals surface area contributed by atoms with E-state index < -0.39 is 8.32 Å². The number of hydrogen-bond acceptors (Lipinski definition) is 2. The number of methoxy groups -OCH3 is 1. The number of hydrogen-bond donors (Lipinski definition) is 0. The zero-order valence-corrected chi connectivity index (χ0v) is 9.83. The van der Waals surface area contributed by atoms with Gasteiger partial charge in [-0.1, -0.05) is 24.8 Å². The Labute approximate surface area is 81.7 Å². The van der Waals surface area contributed by atoms with Crippen LogP contribution in [0.15, 0.2) is 36.8 Å². The third-order valence-corrected chi connectivity index (χ3v) is 1.90. The van der Waals surface area contributed by atoms with Crippen molar-refractivity contribution in [3.63, 3.8) is 0 Å². The lowest BCUT2D eigenvalue weighted by atomic mass is 10.5. The lowest BCUT2D eigenvalue weighted by Gasteiger charge is -2.19. The van der Waals surface area contributed by atoms with E-state index in [0.717, 1.165) is 0 Å². The van der Waals surface area contributed by atoms with Crippen molar-refractivity contribution in [3.8, 4) is 0 Å². The second kappa shape index (κ2) is 5.64. The molecule has 0 aromatic rings. The molecule has 2 nitrogen and oxygen atoms in total. The predicted octanol–water partition coefficient (Wildman–Crippen LogP) is 3.07. The van der Waals surface area contributed by atoms with Crippen molar-refractivity contribution in [2.75, 3.05) is 7.11 Å². The van der Waals surface area contributed by atoms with E-state index in [1.54, 1.807) is 19.3 Å². The highest BCUT2D eigenvalue weighted by molar-refractivity contribution is 6.69. The molecule has 0 aromatic carbocycles. The van der Waals surface area contributed by atoms with Gasteiger partial charge in [-0.3, -0.25) is 0 Å². The van der Waals surface area contributed by atoms with Gasteiger partial charge < -0.3 is 9.16 Å². The summed E-state index contributed by atoms with van der Waals surface area (Å²) >= 11 is 0. The van der Waals surface area contributed by atoms with Crippen LogP contribution in [0, 0.1) is 0 Å². The molecule has 0 aliphatic rings. The molecule has 0 spiro atoms. The van der Waals surface area contributed by atoms with Crippen LogP contribution in [0.5, 0.6) is 0 Å². The first-order valence-corrected chi connectivity index (χ1v) is 7.63. The largest absolute Gasteiger partial charge is 0.520 e. The van der Waals surface area contributed by atoms with Crippen molar-refractivity contribution < 1.29 is 9.16 Å². The van der Waals surface area contributed by atoms with E-state index >= 15 is 0 Å². The van der Waals surface area contributed by atoms with Crippen LogP contribution < -0.4 is 0 Å². The van der Waals surface area contributed by atoms with E-state index in [0.29, 0.717) is 5.95 Å². The minimum Gasteiger partial charge on any atom is -0.520 e. The van der Waals surface area contributed by atoms with Gasteiger partial charge in [-0.05, 0) is 19.6 Å². The van der Waals surface area contributed by atoms with Gasteiger partial charge in [-0.2, -0.15) is 0 Å². The molecule has 0 aliphatic heterocycles. The van der Waals surface area contributed by atoms with Crippen LogP contribution in [-0.2, 0) is 9.16 Å². The molecule has 0 amide bonds. The molecule has 3 heteroatoms. The lowest BCUT2D eigenvalue weighted by Crippen LogP contribution is -2.25. The van der Waals surface area contributed by atoms with Gasteiger partial charge in [0, 0.05) is 6.08 Å². The number of allylic oxidation sites excluding steroid dienone is 4. The van der Waals surface area contributed by atoms with E-state index in [9.17, 15) is 0 Å². The van der Waals surface area contributed by atoms with Crippen LogP contribution in [0.3, 0.4) is 0 Å². The molecule has 0 radical (unpaired) electrons. The summed E-state index contributed by atoms with van der Waals surface area (Å²) in [6.07, 6.45) is 7.16. The van der Waals surface area contributed by atoms with Gasteiger partial charge in [0.15, 0.2) is 0 Å². The van der Waals surface area contributed by atoms with Gasteiger partial charge in [-0.25, -0.2) is 0 Å². The molecular weight excluding hydrogens is 180 g/mol. The molecular formula is C10H18O2Si. The SMILES string of the molecule is C=C/C=C/C=C(/OC)O[Si](C)(C)C. The van der Waals surface area contributed by atoms with Gasteiger partial charge in [0.1, 0.15) is 0 Å². The van der Waals surface area contributed by atoms with Gasteiger partial charge in [-0.15, -0.1) is 0 Å². The summed E-state index contributed by atoms with van der Waals surface area (Å²) in [4.78, 5) is 0. The summed E-state index contributed by atoms with van der Waals surface area (Å²) in [5.74, 6) is 0.567. The van der Waals surface area contributed by atoms with Crippen molar-refractivity contribution in [1.29, 1.82) is 0 Å². The average Bonchev–Trinajstić information content (AvgIpc) is 2.01. The zero-order valence-electron chi connectivity index (χ0n) is 8.83. The molecule has 0 saturated carbocycles. The van der Waals surface area contributed by atoms with E-state index in [1.807, 2.05) is 12.2 Å². The average molecular weight is 198 g/mol. The molecule has 0 rings (SSSR count). The highest BCUT2D eigenvalue weighted by Crippen LogP contribution is 2.10. The normalized spacial score (nSPS) is 13.1. The highest BCUT2D eigenvalue weighted by atomic mass is 28.4. The van der Waals surface area contributed by atoms with E-state index in [4.69, 9.17) is 9.16 Å². The summed E-state index contributed by atoms with van der Waals surface area (Å²) in [5, 5.41) is 0. The fourth-order valence-electron chi connectivity index (χ4n) is 0.658. The summed E-state index contributed by atoms with van der Waals surface area (Å²) in [7, 11) is 0.0504. The molecule has 0 heterocycles. The monoisotopic (exact) mass is 198 g/mol. The molecule has 0 unspecified atom stereocenters.